The summed E-state index contributed by atoms with van der Waals surface area (Å²) < 4.78 is 1.22. The standard InChI is InChI=1S/C17H28N/c1-5-12-18(8-4,13-6-2)15-17-11-9-10-16(7-3)14-17/h7,9-11,14H,3,5-6,8,12-13,15H2,1-2,4H3/q+1. The Hall–Kier alpha value is -1.08. The van der Waals surface area contributed by atoms with Gasteiger partial charge in [-0.2, -0.15) is 0 Å². The quantitative estimate of drug-likeness (QED) is 0.593. The number of hydrogen-bond donors (Lipinski definition) is 0. The number of rotatable bonds is 8. The van der Waals surface area contributed by atoms with Crippen LogP contribution in [-0.4, -0.2) is 24.1 Å². The molecule has 0 fully saturated rings. The normalized spacial score (nSPS) is 11.5. The molecule has 0 N–H and O–H groups in total. The van der Waals surface area contributed by atoms with Crippen LogP contribution in [0, 0.1) is 0 Å². The highest BCUT2D eigenvalue weighted by Gasteiger charge is 2.23. The molecule has 100 valence electrons. The highest BCUT2D eigenvalue weighted by Crippen LogP contribution is 2.18. The lowest BCUT2D eigenvalue weighted by atomic mass is 10.1. The molecule has 0 aliphatic rings. The molecule has 0 amide bonds. The van der Waals surface area contributed by atoms with Crippen molar-refractivity contribution in [2.45, 2.75) is 40.2 Å². The summed E-state index contributed by atoms with van der Waals surface area (Å²) in [5.74, 6) is 0. The summed E-state index contributed by atoms with van der Waals surface area (Å²) in [6, 6.07) is 8.80. The summed E-state index contributed by atoms with van der Waals surface area (Å²) >= 11 is 0. The van der Waals surface area contributed by atoms with Gasteiger partial charge in [0.05, 0.1) is 19.6 Å². The molecule has 1 aromatic rings. The van der Waals surface area contributed by atoms with Crippen LogP contribution in [0.3, 0.4) is 0 Å². The van der Waals surface area contributed by atoms with E-state index in [4.69, 9.17) is 0 Å². The molecule has 1 nitrogen and oxygen atoms in total. The number of benzene rings is 1. The third-order valence-electron chi connectivity index (χ3n) is 3.77. The van der Waals surface area contributed by atoms with Crippen molar-refractivity contribution in [1.29, 1.82) is 0 Å². The molecule has 18 heavy (non-hydrogen) atoms. The Morgan fingerprint density at radius 2 is 1.78 bits per heavy atom. The van der Waals surface area contributed by atoms with Crippen molar-refractivity contribution in [3.63, 3.8) is 0 Å². The molecule has 0 bridgehead atoms. The van der Waals surface area contributed by atoms with Crippen molar-refractivity contribution in [3.05, 3.63) is 42.0 Å². The van der Waals surface area contributed by atoms with Gasteiger partial charge in [-0.15, -0.1) is 0 Å². The molecule has 0 radical (unpaired) electrons. The molecular weight excluding hydrogens is 218 g/mol. The Kier molecular flexibility index (Phi) is 6.14. The average molecular weight is 246 g/mol. The Morgan fingerprint density at radius 1 is 1.11 bits per heavy atom. The van der Waals surface area contributed by atoms with E-state index in [0.29, 0.717) is 0 Å². The SMILES string of the molecule is C=Cc1cccc(C[N+](CC)(CCC)CCC)c1. The Balaban J connectivity index is 2.89. The fourth-order valence-corrected chi connectivity index (χ4v) is 2.85. The molecule has 0 aliphatic heterocycles. The van der Waals surface area contributed by atoms with Crippen molar-refractivity contribution >= 4 is 6.08 Å². The largest absolute Gasteiger partial charge is 0.320 e. The molecule has 0 aliphatic carbocycles. The maximum absolute atomic E-state index is 3.86. The van der Waals surface area contributed by atoms with E-state index in [9.17, 15) is 0 Å². The highest BCUT2D eigenvalue weighted by molar-refractivity contribution is 5.47. The van der Waals surface area contributed by atoms with Gasteiger partial charge in [-0.3, -0.25) is 0 Å². The van der Waals surface area contributed by atoms with Gasteiger partial charge in [-0.25, -0.2) is 0 Å². The molecule has 0 saturated carbocycles. The van der Waals surface area contributed by atoms with Gasteiger partial charge in [0, 0.05) is 5.56 Å². The summed E-state index contributed by atoms with van der Waals surface area (Å²) in [4.78, 5) is 0. The molecule has 1 heteroatoms. The van der Waals surface area contributed by atoms with Crippen LogP contribution in [-0.2, 0) is 6.54 Å². The van der Waals surface area contributed by atoms with Crippen molar-refractivity contribution in [2.75, 3.05) is 19.6 Å². The first kappa shape index (κ1) is 15.0. The van der Waals surface area contributed by atoms with Gasteiger partial charge in [-0.1, -0.05) is 44.7 Å². The van der Waals surface area contributed by atoms with E-state index in [2.05, 4.69) is 51.6 Å². The van der Waals surface area contributed by atoms with Gasteiger partial charge < -0.3 is 4.48 Å². The second-order valence-electron chi connectivity index (χ2n) is 5.21. The van der Waals surface area contributed by atoms with Gasteiger partial charge in [0.15, 0.2) is 0 Å². The minimum atomic E-state index is 1.15. The molecule has 0 atom stereocenters. The maximum Gasteiger partial charge on any atom is 0.104 e. The molecular formula is C17H28N+. The zero-order valence-electron chi connectivity index (χ0n) is 12.3. The highest BCUT2D eigenvalue weighted by atomic mass is 15.3. The van der Waals surface area contributed by atoms with Crippen molar-refractivity contribution in [2.24, 2.45) is 0 Å². The fraction of sp³-hybridized carbons (Fsp3) is 0.529. The second kappa shape index (κ2) is 7.38. The monoisotopic (exact) mass is 246 g/mol. The summed E-state index contributed by atoms with van der Waals surface area (Å²) in [5.41, 5.74) is 2.67. The van der Waals surface area contributed by atoms with Gasteiger partial charge in [0.2, 0.25) is 0 Å². The lowest BCUT2D eigenvalue weighted by molar-refractivity contribution is -0.939. The summed E-state index contributed by atoms with van der Waals surface area (Å²) in [6.45, 7) is 15.7. The first-order chi connectivity index (χ1) is 8.69. The van der Waals surface area contributed by atoms with E-state index in [1.807, 2.05) is 6.08 Å². The van der Waals surface area contributed by atoms with E-state index in [0.717, 1.165) is 6.54 Å². The third-order valence-corrected chi connectivity index (χ3v) is 3.77. The molecule has 0 unspecified atom stereocenters. The minimum Gasteiger partial charge on any atom is -0.320 e. The average Bonchev–Trinajstić information content (AvgIpc) is 2.39. The number of hydrogen-bond acceptors (Lipinski definition) is 0. The predicted octanol–water partition coefficient (Wildman–Crippen LogP) is 4.49. The van der Waals surface area contributed by atoms with Crippen LogP contribution in [0.15, 0.2) is 30.8 Å². The van der Waals surface area contributed by atoms with E-state index < -0.39 is 0 Å². The molecule has 0 heterocycles. The van der Waals surface area contributed by atoms with Gasteiger partial charge in [0.1, 0.15) is 6.54 Å². The zero-order chi connectivity index (χ0) is 13.4. The molecule has 0 aromatic heterocycles. The molecule has 1 aromatic carbocycles. The number of nitrogens with zero attached hydrogens (tertiary/aromatic N) is 1. The minimum absolute atomic E-state index is 1.15. The van der Waals surface area contributed by atoms with Crippen LogP contribution < -0.4 is 0 Å². The Labute approximate surface area is 113 Å². The van der Waals surface area contributed by atoms with Crippen molar-refractivity contribution in [1.82, 2.24) is 0 Å². The van der Waals surface area contributed by atoms with Crippen LogP contribution in [0.5, 0.6) is 0 Å². The molecule has 1 rings (SSSR count). The van der Waals surface area contributed by atoms with E-state index in [-0.39, 0.29) is 0 Å². The van der Waals surface area contributed by atoms with Crippen molar-refractivity contribution < 1.29 is 4.48 Å². The maximum atomic E-state index is 3.86. The Bertz CT molecular complexity index is 362. The second-order valence-corrected chi connectivity index (χ2v) is 5.21. The fourth-order valence-electron chi connectivity index (χ4n) is 2.85. The molecule has 0 spiro atoms. The van der Waals surface area contributed by atoms with E-state index in [1.165, 1.54) is 48.1 Å². The lowest BCUT2D eigenvalue weighted by Gasteiger charge is -2.37. The van der Waals surface area contributed by atoms with Crippen LogP contribution in [0.2, 0.25) is 0 Å². The first-order valence-corrected chi connectivity index (χ1v) is 7.26. The topological polar surface area (TPSA) is 0 Å². The van der Waals surface area contributed by atoms with Crippen LogP contribution >= 0.6 is 0 Å². The predicted molar refractivity (Wildman–Crippen MR) is 81.4 cm³/mol. The van der Waals surface area contributed by atoms with E-state index >= 15 is 0 Å². The summed E-state index contributed by atoms with van der Waals surface area (Å²) in [6.07, 6.45) is 4.45. The van der Waals surface area contributed by atoms with Crippen molar-refractivity contribution in [3.8, 4) is 0 Å². The summed E-state index contributed by atoms with van der Waals surface area (Å²) in [5, 5.41) is 0. The van der Waals surface area contributed by atoms with Crippen LogP contribution in [0.25, 0.3) is 6.08 Å². The smallest absolute Gasteiger partial charge is 0.104 e. The van der Waals surface area contributed by atoms with Gasteiger partial charge >= 0.3 is 0 Å². The molecule has 0 saturated heterocycles. The zero-order valence-corrected chi connectivity index (χ0v) is 12.3. The third kappa shape index (κ3) is 3.99. The summed E-state index contributed by atoms with van der Waals surface area (Å²) in [7, 11) is 0. The van der Waals surface area contributed by atoms with Gasteiger partial charge in [-0.05, 0) is 31.4 Å². The number of quaternary nitrogens is 1. The lowest BCUT2D eigenvalue weighted by Crippen LogP contribution is -2.48. The van der Waals surface area contributed by atoms with Gasteiger partial charge in [0.25, 0.3) is 0 Å². The van der Waals surface area contributed by atoms with Crippen LogP contribution in [0.1, 0.15) is 44.7 Å². The first-order valence-electron chi connectivity index (χ1n) is 7.26. The van der Waals surface area contributed by atoms with Crippen LogP contribution in [0.4, 0.5) is 0 Å². The Morgan fingerprint density at radius 3 is 2.28 bits per heavy atom. The van der Waals surface area contributed by atoms with E-state index in [1.54, 1.807) is 0 Å².